The van der Waals surface area contributed by atoms with E-state index in [0.717, 1.165) is 36.3 Å². The average Bonchev–Trinajstić information content (AvgIpc) is 2.76. The predicted octanol–water partition coefficient (Wildman–Crippen LogP) is 2.91. The number of pyridine rings is 1. The second-order valence-corrected chi connectivity index (χ2v) is 9.02. The SMILES string of the molecule is Cc1cc(CN2CCCC(C)C2)c(C)c(C2N=C(NC#N)Nc3nc(N)c(C#N)c(N)c32)c1. The van der Waals surface area contributed by atoms with Crippen LogP contribution in [-0.2, 0) is 6.54 Å². The lowest BCUT2D eigenvalue weighted by Gasteiger charge is -2.32. The van der Waals surface area contributed by atoms with Gasteiger partial charge in [0.25, 0.3) is 0 Å². The first-order valence-electron chi connectivity index (χ1n) is 11.1. The molecule has 1 fully saturated rings. The number of nitriles is 2. The molecule has 9 heteroatoms. The van der Waals surface area contributed by atoms with E-state index < -0.39 is 6.04 Å². The molecule has 33 heavy (non-hydrogen) atoms. The molecule has 2 atom stereocenters. The van der Waals surface area contributed by atoms with E-state index >= 15 is 0 Å². The number of piperidine rings is 1. The van der Waals surface area contributed by atoms with E-state index in [4.69, 9.17) is 21.7 Å². The third kappa shape index (κ3) is 4.28. The smallest absolute Gasteiger partial charge is 0.211 e. The highest BCUT2D eigenvalue weighted by Gasteiger charge is 2.31. The van der Waals surface area contributed by atoms with Crippen molar-refractivity contribution in [3.8, 4) is 12.3 Å². The van der Waals surface area contributed by atoms with Crippen molar-refractivity contribution in [1.29, 1.82) is 10.5 Å². The lowest BCUT2D eigenvalue weighted by atomic mass is 9.88. The number of likely N-dealkylation sites (tertiary alicyclic amines) is 1. The fraction of sp³-hybridized carbons (Fsp3) is 0.417. The van der Waals surface area contributed by atoms with Gasteiger partial charge in [-0.15, -0.1) is 0 Å². The Balaban J connectivity index is 1.83. The molecule has 1 aromatic carbocycles. The molecule has 1 aromatic heterocycles. The minimum absolute atomic E-state index is 0.0408. The summed E-state index contributed by atoms with van der Waals surface area (Å²) in [6.45, 7) is 9.52. The minimum atomic E-state index is -0.531. The number of aromatic nitrogens is 1. The van der Waals surface area contributed by atoms with Crippen molar-refractivity contribution in [3.05, 3.63) is 45.5 Å². The van der Waals surface area contributed by atoms with Crippen molar-refractivity contribution in [2.75, 3.05) is 29.9 Å². The number of nitrogens with two attached hydrogens (primary N) is 2. The maximum absolute atomic E-state index is 9.57. The van der Waals surface area contributed by atoms with Crippen LogP contribution < -0.4 is 22.1 Å². The number of nitrogens with one attached hydrogen (secondary N) is 2. The number of aryl methyl sites for hydroxylation is 1. The Hall–Kier alpha value is -3.82. The Kier molecular flexibility index (Phi) is 6.08. The molecular formula is C24H29N9. The number of aliphatic imine (C=N–C) groups is 1. The molecule has 0 bridgehead atoms. The molecule has 9 nitrogen and oxygen atoms in total. The summed E-state index contributed by atoms with van der Waals surface area (Å²) in [6, 6.07) is 5.84. The van der Waals surface area contributed by atoms with Gasteiger partial charge in [-0.25, -0.2) is 9.98 Å². The van der Waals surface area contributed by atoms with Crippen LogP contribution in [0.5, 0.6) is 0 Å². The van der Waals surface area contributed by atoms with Gasteiger partial charge in [-0.1, -0.05) is 24.6 Å². The van der Waals surface area contributed by atoms with Crippen molar-refractivity contribution in [2.45, 2.75) is 46.2 Å². The van der Waals surface area contributed by atoms with Gasteiger partial charge >= 0.3 is 0 Å². The van der Waals surface area contributed by atoms with Crippen LogP contribution in [0.4, 0.5) is 17.3 Å². The number of hydrogen-bond donors (Lipinski definition) is 4. The zero-order valence-corrected chi connectivity index (χ0v) is 19.2. The van der Waals surface area contributed by atoms with E-state index in [2.05, 4.69) is 59.5 Å². The predicted molar refractivity (Wildman–Crippen MR) is 129 cm³/mol. The number of nitrogens with zero attached hydrogens (tertiary/aromatic N) is 5. The molecule has 0 spiro atoms. The molecule has 170 valence electrons. The van der Waals surface area contributed by atoms with E-state index in [1.165, 1.54) is 18.4 Å². The maximum Gasteiger partial charge on any atom is 0.211 e. The van der Waals surface area contributed by atoms with Crippen LogP contribution in [0.2, 0.25) is 0 Å². The second-order valence-electron chi connectivity index (χ2n) is 9.02. The lowest BCUT2D eigenvalue weighted by Crippen LogP contribution is -2.34. The third-order valence-electron chi connectivity index (χ3n) is 6.49. The first-order valence-corrected chi connectivity index (χ1v) is 11.1. The summed E-state index contributed by atoms with van der Waals surface area (Å²) in [5.41, 5.74) is 17.8. The first kappa shape index (κ1) is 22.4. The number of nitrogen functional groups attached to an aromatic ring is 2. The van der Waals surface area contributed by atoms with Gasteiger partial charge in [0.05, 0.1) is 5.69 Å². The van der Waals surface area contributed by atoms with Crippen LogP contribution in [0.15, 0.2) is 17.1 Å². The van der Waals surface area contributed by atoms with E-state index in [-0.39, 0.29) is 23.0 Å². The largest absolute Gasteiger partial charge is 0.397 e. The second kappa shape index (κ2) is 8.97. The number of anilines is 3. The molecule has 0 aliphatic carbocycles. The molecule has 6 N–H and O–H groups in total. The van der Waals surface area contributed by atoms with Gasteiger partial charge in [-0.05, 0) is 55.8 Å². The van der Waals surface area contributed by atoms with Gasteiger partial charge in [0.15, 0.2) is 6.19 Å². The van der Waals surface area contributed by atoms with Crippen molar-refractivity contribution in [1.82, 2.24) is 15.2 Å². The van der Waals surface area contributed by atoms with Crippen LogP contribution in [-0.4, -0.2) is 28.9 Å². The Morgan fingerprint density at radius 2 is 2.06 bits per heavy atom. The highest BCUT2D eigenvalue weighted by Crippen LogP contribution is 2.42. The van der Waals surface area contributed by atoms with Crippen molar-refractivity contribution < 1.29 is 0 Å². The summed E-state index contributed by atoms with van der Waals surface area (Å²) in [7, 11) is 0. The van der Waals surface area contributed by atoms with E-state index in [9.17, 15) is 5.26 Å². The van der Waals surface area contributed by atoms with Gasteiger partial charge in [-0.2, -0.15) is 10.5 Å². The molecule has 2 unspecified atom stereocenters. The molecule has 1 saturated heterocycles. The van der Waals surface area contributed by atoms with Gasteiger partial charge in [0.2, 0.25) is 5.96 Å². The normalized spacial score (nSPS) is 20.1. The van der Waals surface area contributed by atoms with Crippen molar-refractivity contribution >= 4 is 23.3 Å². The van der Waals surface area contributed by atoms with E-state index in [0.29, 0.717) is 17.3 Å². The minimum Gasteiger partial charge on any atom is -0.397 e. The lowest BCUT2D eigenvalue weighted by molar-refractivity contribution is 0.176. The fourth-order valence-electron chi connectivity index (χ4n) is 4.89. The number of benzene rings is 1. The van der Waals surface area contributed by atoms with Crippen molar-refractivity contribution in [3.63, 3.8) is 0 Å². The van der Waals surface area contributed by atoms with Gasteiger partial charge in [0.1, 0.15) is 29.3 Å². The van der Waals surface area contributed by atoms with Crippen LogP contribution in [0, 0.1) is 42.6 Å². The summed E-state index contributed by atoms with van der Waals surface area (Å²) in [4.78, 5) is 11.6. The maximum atomic E-state index is 9.57. The van der Waals surface area contributed by atoms with Gasteiger partial charge < -0.3 is 16.8 Å². The van der Waals surface area contributed by atoms with Crippen LogP contribution in [0.3, 0.4) is 0 Å². The molecule has 2 aliphatic rings. The van der Waals surface area contributed by atoms with Crippen LogP contribution >= 0.6 is 0 Å². The fourth-order valence-corrected chi connectivity index (χ4v) is 4.89. The number of rotatable bonds is 3. The number of fused-ring (bicyclic) bond motifs is 1. The molecule has 2 aliphatic heterocycles. The molecule has 0 saturated carbocycles. The van der Waals surface area contributed by atoms with Crippen LogP contribution in [0.25, 0.3) is 0 Å². The first-order chi connectivity index (χ1) is 15.8. The topological polar surface area (TPSA) is 152 Å². The monoisotopic (exact) mass is 443 g/mol. The highest BCUT2D eigenvalue weighted by atomic mass is 15.2. The third-order valence-corrected chi connectivity index (χ3v) is 6.49. The molecular weight excluding hydrogens is 414 g/mol. The summed E-state index contributed by atoms with van der Waals surface area (Å²) in [6.07, 6.45) is 4.39. The number of guanidine groups is 1. The standard InChI is InChI=1S/C24H29N9/c1-13-5-4-6-33(10-13)11-16-7-14(2)8-17(15(16)3)21-19-20(27)18(9-25)22(28)31-23(19)32-24(30-21)29-12-26/h7-8,13,21H,4-6,10-11H2,1-3H3,(H6,27,28,29,30,31,32). The quantitative estimate of drug-likeness (QED) is 0.417. The zero-order valence-electron chi connectivity index (χ0n) is 19.2. The Bertz CT molecular complexity index is 1200. The molecule has 0 radical (unpaired) electrons. The molecule has 2 aromatic rings. The molecule has 0 amide bonds. The Labute approximate surface area is 194 Å². The average molecular weight is 444 g/mol. The Morgan fingerprint density at radius 1 is 1.27 bits per heavy atom. The summed E-state index contributed by atoms with van der Waals surface area (Å²) in [5.74, 6) is 1.40. The molecule has 4 rings (SSSR count). The Morgan fingerprint density at radius 3 is 2.76 bits per heavy atom. The summed E-state index contributed by atoms with van der Waals surface area (Å²) >= 11 is 0. The molecule has 3 heterocycles. The van der Waals surface area contributed by atoms with Crippen LogP contribution in [0.1, 0.15) is 59.2 Å². The highest BCUT2D eigenvalue weighted by molar-refractivity contribution is 5.98. The van der Waals surface area contributed by atoms with E-state index in [1.54, 1.807) is 0 Å². The summed E-state index contributed by atoms with van der Waals surface area (Å²) in [5, 5.41) is 24.3. The van der Waals surface area contributed by atoms with Gasteiger partial charge in [0, 0.05) is 18.7 Å². The summed E-state index contributed by atoms with van der Waals surface area (Å²) < 4.78 is 0. The van der Waals surface area contributed by atoms with Crippen molar-refractivity contribution in [2.24, 2.45) is 10.9 Å². The van der Waals surface area contributed by atoms with E-state index in [1.807, 2.05) is 6.19 Å². The zero-order chi connectivity index (χ0) is 23.7. The van der Waals surface area contributed by atoms with Gasteiger partial charge in [-0.3, -0.25) is 10.2 Å². The number of hydrogen-bond acceptors (Lipinski definition) is 9.